The van der Waals surface area contributed by atoms with E-state index in [1.54, 1.807) is 23.9 Å². The predicted octanol–water partition coefficient (Wildman–Crippen LogP) is 6.33. The number of amides is 1. The van der Waals surface area contributed by atoms with Crippen molar-refractivity contribution in [3.8, 4) is 22.8 Å². The Balaban J connectivity index is 1.43. The molecule has 1 aliphatic heterocycles. The number of rotatable bonds is 3. The van der Waals surface area contributed by atoms with Gasteiger partial charge in [-0.25, -0.2) is 0 Å². The van der Waals surface area contributed by atoms with Crippen LogP contribution in [0.2, 0.25) is 5.02 Å². The molecule has 7 heteroatoms. The van der Waals surface area contributed by atoms with E-state index >= 15 is 0 Å². The monoisotopic (exact) mass is 445 g/mol. The molecule has 1 amide bonds. The lowest BCUT2D eigenvalue weighted by molar-refractivity contribution is 0.0982. The van der Waals surface area contributed by atoms with Crippen molar-refractivity contribution in [2.75, 3.05) is 4.90 Å². The number of hydrogen-bond donors (Lipinski definition) is 0. The molecule has 3 aromatic carbocycles. The quantitative estimate of drug-likeness (QED) is 0.368. The van der Waals surface area contributed by atoms with Crippen LogP contribution in [0.5, 0.6) is 0 Å². The number of benzene rings is 3. The summed E-state index contributed by atoms with van der Waals surface area (Å²) in [5.41, 5.74) is 3.30. The van der Waals surface area contributed by atoms with E-state index in [0.29, 0.717) is 16.7 Å². The third-order valence-electron chi connectivity index (χ3n) is 5.44. The van der Waals surface area contributed by atoms with Crippen LogP contribution in [-0.2, 0) is 0 Å². The molecule has 0 radical (unpaired) electrons. The average Bonchev–Trinajstić information content (AvgIpc) is 3.51. The first-order chi connectivity index (χ1) is 15.2. The topological polar surface area (TPSA) is 59.2 Å². The smallest absolute Gasteiger partial charge is 0.259 e. The van der Waals surface area contributed by atoms with Crippen molar-refractivity contribution in [3.05, 3.63) is 77.3 Å². The molecular formula is C24H16ClN3O2S. The summed E-state index contributed by atoms with van der Waals surface area (Å²) in [5, 5.41) is 4.78. The van der Waals surface area contributed by atoms with Gasteiger partial charge < -0.3 is 9.42 Å². The van der Waals surface area contributed by atoms with Crippen LogP contribution in [0.15, 0.2) is 81.0 Å². The van der Waals surface area contributed by atoms with Crippen molar-refractivity contribution in [1.29, 1.82) is 0 Å². The number of halogens is 1. The summed E-state index contributed by atoms with van der Waals surface area (Å²) in [6.45, 7) is 0. The highest BCUT2D eigenvalue weighted by atomic mass is 35.5. The molecule has 152 valence electrons. The summed E-state index contributed by atoms with van der Waals surface area (Å²) < 4.78 is 5.48. The fourth-order valence-corrected chi connectivity index (χ4v) is 5.09. The fraction of sp³-hybridized carbons (Fsp3) is 0.125. The van der Waals surface area contributed by atoms with Crippen LogP contribution in [0, 0.1) is 0 Å². The lowest BCUT2D eigenvalue weighted by Crippen LogP contribution is -2.32. The van der Waals surface area contributed by atoms with E-state index in [4.69, 9.17) is 16.1 Å². The van der Waals surface area contributed by atoms with Gasteiger partial charge in [-0.2, -0.15) is 4.98 Å². The van der Waals surface area contributed by atoms with Gasteiger partial charge in [0.1, 0.15) is 0 Å². The maximum atomic E-state index is 13.3. The minimum absolute atomic E-state index is 0.0694. The zero-order chi connectivity index (χ0) is 20.9. The van der Waals surface area contributed by atoms with Crippen LogP contribution in [0.1, 0.15) is 23.2 Å². The molecule has 0 saturated heterocycles. The van der Waals surface area contributed by atoms with Gasteiger partial charge in [-0.1, -0.05) is 46.7 Å². The van der Waals surface area contributed by atoms with Gasteiger partial charge in [-0.15, -0.1) is 0 Å². The Bertz CT molecular complexity index is 1330. The average molecular weight is 446 g/mol. The Kier molecular flexibility index (Phi) is 4.37. The summed E-state index contributed by atoms with van der Waals surface area (Å²) in [7, 11) is 0. The van der Waals surface area contributed by atoms with E-state index in [9.17, 15) is 4.79 Å². The van der Waals surface area contributed by atoms with Crippen LogP contribution in [0.4, 0.5) is 5.69 Å². The van der Waals surface area contributed by atoms with Crippen LogP contribution in [0.25, 0.3) is 22.8 Å². The second-order valence-electron chi connectivity index (χ2n) is 7.62. The Morgan fingerprint density at radius 3 is 2.68 bits per heavy atom. The number of carbonyl (C=O) groups is 1. The van der Waals surface area contributed by atoms with Crippen molar-refractivity contribution in [3.63, 3.8) is 0 Å². The number of hydrogen-bond acceptors (Lipinski definition) is 5. The lowest BCUT2D eigenvalue weighted by Gasteiger charge is -2.22. The van der Waals surface area contributed by atoms with Gasteiger partial charge in [0.2, 0.25) is 5.82 Å². The number of nitrogens with zero attached hydrogens (tertiary/aromatic N) is 3. The molecule has 4 aromatic rings. The minimum Gasteiger partial charge on any atom is -0.334 e. The Hall–Kier alpha value is -3.09. The zero-order valence-electron chi connectivity index (χ0n) is 16.3. The summed E-state index contributed by atoms with van der Waals surface area (Å²) in [6.07, 6.45) is 2.07. The van der Waals surface area contributed by atoms with Gasteiger partial charge in [-0.3, -0.25) is 4.79 Å². The molecule has 2 aliphatic rings. The molecule has 6 rings (SSSR count). The molecule has 1 aromatic heterocycles. The standard InChI is InChI=1S/C24H16ClN3O2S/c25-16-5-3-4-15(12-16)23-26-22(27-30-23)14-8-11-19-21(13-14)31-20-7-2-1-6-18(20)24(29)28(19)17-9-10-17/h1-8,11-13,17H,9-10H2. The summed E-state index contributed by atoms with van der Waals surface area (Å²) in [4.78, 5) is 21.8. The highest BCUT2D eigenvalue weighted by molar-refractivity contribution is 7.99. The van der Waals surface area contributed by atoms with Crippen LogP contribution in [-0.4, -0.2) is 22.1 Å². The highest BCUT2D eigenvalue weighted by Gasteiger charge is 2.38. The van der Waals surface area contributed by atoms with Gasteiger partial charge >= 0.3 is 0 Å². The molecule has 0 spiro atoms. The Labute approximate surface area is 188 Å². The van der Waals surface area contributed by atoms with E-state index in [2.05, 4.69) is 10.1 Å². The highest BCUT2D eigenvalue weighted by Crippen LogP contribution is 2.46. The maximum Gasteiger partial charge on any atom is 0.259 e. The third-order valence-corrected chi connectivity index (χ3v) is 6.80. The van der Waals surface area contributed by atoms with Crippen molar-refractivity contribution in [2.45, 2.75) is 28.7 Å². The van der Waals surface area contributed by atoms with Crippen molar-refractivity contribution in [1.82, 2.24) is 10.1 Å². The van der Waals surface area contributed by atoms with Gasteiger partial charge in [0.05, 0.1) is 11.3 Å². The molecule has 1 fully saturated rings. The Morgan fingerprint density at radius 1 is 0.968 bits per heavy atom. The fourth-order valence-electron chi connectivity index (χ4n) is 3.80. The molecule has 1 aliphatic carbocycles. The van der Waals surface area contributed by atoms with Crippen LogP contribution in [0.3, 0.4) is 0 Å². The number of fused-ring (bicyclic) bond motifs is 2. The first kappa shape index (κ1) is 18.7. The normalized spacial score (nSPS) is 15.4. The van der Waals surface area contributed by atoms with E-state index in [0.717, 1.165) is 45.0 Å². The summed E-state index contributed by atoms with van der Waals surface area (Å²) >= 11 is 7.69. The molecule has 0 bridgehead atoms. The molecule has 0 N–H and O–H groups in total. The number of anilines is 1. The van der Waals surface area contributed by atoms with Gasteiger partial charge in [0.25, 0.3) is 11.8 Å². The van der Waals surface area contributed by atoms with Crippen molar-refractivity contribution in [2.24, 2.45) is 0 Å². The first-order valence-corrected chi connectivity index (χ1v) is 11.2. The van der Waals surface area contributed by atoms with E-state index < -0.39 is 0 Å². The van der Waals surface area contributed by atoms with Crippen LogP contribution < -0.4 is 4.90 Å². The second-order valence-corrected chi connectivity index (χ2v) is 9.14. The Morgan fingerprint density at radius 2 is 1.84 bits per heavy atom. The van der Waals surface area contributed by atoms with Crippen molar-refractivity contribution < 1.29 is 9.32 Å². The third kappa shape index (κ3) is 3.32. The SMILES string of the molecule is O=C1c2ccccc2Sc2cc(-c3noc(-c4cccc(Cl)c4)n3)ccc2N1C1CC1. The maximum absolute atomic E-state index is 13.3. The molecule has 31 heavy (non-hydrogen) atoms. The zero-order valence-corrected chi connectivity index (χ0v) is 17.9. The van der Waals surface area contributed by atoms with Crippen molar-refractivity contribution >= 4 is 35.0 Å². The predicted molar refractivity (Wildman–Crippen MR) is 121 cm³/mol. The molecule has 0 atom stereocenters. The summed E-state index contributed by atoms with van der Waals surface area (Å²) in [5.74, 6) is 0.986. The molecule has 5 nitrogen and oxygen atoms in total. The van der Waals surface area contributed by atoms with Gasteiger partial charge in [-0.05, 0) is 61.4 Å². The van der Waals surface area contributed by atoms with E-state index in [-0.39, 0.29) is 11.9 Å². The minimum atomic E-state index is 0.0694. The number of aromatic nitrogens is 2. The van der Waals surface area contributed by atoms with Crippen LogP contribution >= 0.6 is 23.4 Å². The van der Waals surface area contributed by atoms with Gasteiger partial charge in [0.15, 0.2) is 0 Å². The second kappa shape index (κ2) is 7.25. The molecular weight excluding hydrogens is 430 g/mol. The molecule has 0 unspecified atom stereocenters. The van der Waals surface area contributed by atoms with Gasteiger partial charge in [0, 0.05) is 32.0 Å². The first-order valence-electron chi connectivity index (χ1n) is 10.0. The number of carbonyl (C=O) groups excluding carboxylic acids is 1. The molecule has 2 heterocycles. The van der Waals surface area contributed by atoms with E-state index in [1.165, 1.54) is 0 Å². The summed E-state index contributed by atoms with van der Waals surface area (Å²) in [6, 6.07) is 21.4. The molecule has 1 saturated carbocycles. The van der Waals surface area contributed by atoms with E-state index in [1.807, 2.05) is 59.5 Å². The lowest BCUT2D eigenvalue weighted by atomic mass is 10.1. The largest absolute Gasteiger partial charge is 0.334 e.